The maximum atomic E-state index is 12.3. The largest absolute Gasteiger partial charge is 0.350 e. The first kappa shape index (κ1) is 13.5. The third kappa shape index (κ3) is 3.00. The molecule has 6 heteroatoms. The highest BCUT2D eigenvalue weighted by Crippen LogP contribution is 2.13. The third-order valence-corrected chi connectivity index (χ3v) is 3.90. The Labute approximate surface area is 126 Å². The number of nitrogens with zero attached hydrogens (tertiary/aromatic N) is 3. The molecule has 0 saturated heterocycles. The summed E-state index contributed by atoms with van der Waals surface area (Å²) in [6.07, 6.45) is 1.38. The molecule has 0 atom stereocenters. The smallest absolute Gasteiger partial charge is 0.291 e. The van der Waals surface area contributed by atoms with Gasteiger partial charge in [-0.1, -0.05) is 35.9 Å². The van der Waals surface area contributed by atoms with Crippen molar-refractivity contribution in [1.29, 1.82) is 0 Å². The molecule has 2 heterocycles. The number of benzene rings is 1. The molecule has 3 rings (SSSR count). The summed E-state index contributed by atoms with van der Waals surface area (Å²) in [6.45, 7) is 2.64. The van der Waals surface area contributed by atoms with E-state index in [0.29, 0.717) is 17.4 Å². The minimum Gasteiger partial charge on any atom is -0.350 e. The summed E-state index contributed by atoms with van der Waals surface area (Å²) in [5.74, 6) is 0.280. The van der Waals surface area contributed by atoms with Crippen LogP contribution in [-0.4, -0.2) is 20.7 Å². The molecule has 1 aromatic carbocycles. The second-order valence-electron chi connectivity index (χ2n) is 4.62. The Bertz CT molecular complexity index is 731. The van der Waals surface area contributed by atoms with Gasteiger partial charge in [-0.3, -0.25) is 4.79 Å². The van der Waals surface area contributed by atoms with Crippen molar-refractivity contribution in [3.63, 3.8) is 0 Å². The Hall–Kier alpha value is -2.47. The average Bonchev–Trinajstić information content (AvgIpc) is 3.17. The Morgan fingerprint density at radius 2 is 2.10 bits per heavy atom. The van der Waals surface area contributed by atoms with E-state index in [9.17, 15) is 4.79 Å². The number of aryl methyl sites for hydroxylation is 1. The minimum absolute atomic E-state index is 0.172. The van der Waals surface area contributed by atoms with Gasteiger partial charge < -0.3 is 5.32 Å². The van der Waals surface area contributed by atoms with Crippen LogP contribution in [0.25, 0.3) is 0 Å². The number of aromatic nitrogens is 3. The quantitative estimate of drug-likeness (QED) is 0.804. The van der Waals surface area contributed by atoms with Crippen LogP contribution in [0, 0.1) is 6.92 Å². The van der Waals surface area contributed by atoms with Gasteiger partial charge in [-0.05, 0) is 23.9 Å². The van der Waals surface area contributed by atoms with Gasteiger partial charge in [0.2, 0.25) is 5.95 Å². The van der Waals surface area contributed by atoms with Crippen molar-refractivity contribution in [2.45, 2.75) is 13.5 Å². The zero-order valence-electron chi connectivity index (χ0n) is 11.5. The van der Waals surface area contributed by atoms with E-state index in [1.54, 1.807) is 6.07 Å². The molecule has 0 spiro atoms. The van der Waals surface area contributed by atoms with E-state index in [4.69, 9.17) is 0 Å². The van der Waals surface area contributed by atoms with Crippen LogP contribution in [0.3, 0.4) is 0 Å². The molecular weight excluding hydrogens is 284 g/mol. The molecule has 0 radical (unpaired) electrons. The summed E-state index contributed by atoms with van der Waals surface area (Å²) in [6, 6.07) is 11.8. The average molecular weight is 298 g/mol. The Balaban J connectivity index is 1.74. The monoisotopic (exact) mass is 298 g/mol. The maximum Gasteiger partial charge on any atom is 0.291 e. The van der Waals surface area contributed by atoms with Crippen LogP contribution in [0.1, 0.15) is 20.8 Å². The van der Waals surface area contributed by atoms with Crippen molar-refractivity contribution in [2.24, 2.45) is 0 Å². The van der Waals surface area contributed by atoms with Crippen molar-refractivity contribution in [2.75, 3.05) is 5.32 Å². The highest BCUT2D eigenvalue weighted by Gasteiger charge is 2.15. The molecule has 0 amide bonds. The van der Waals surface area contributed by atoms with E-state index >= 15 is 0 Å². The van der Waals surface area contributed by atoms with E-state index < -0.39 is 0 Å². The van der Waals surface area contributed by atoms with E-state index in [2.05, 4.69) is 27.5 Å². The summed E-state index contributed by atoms with van der Waals surface area (Å²) < 4.78 is 1.29. The molecule has 3 aromatic rings. The molecule has 0 saturated carbocycles. The molecule has 106 valence electrons. The lowest BCUT2D eigenvalue weighted by Gasteiger charge is -2.07. The van der Waals surface area contributed by atoms with E-state index in [1.165, 1.54) is 27.9 Å². The van der Waals surface area contributed by atoms with E-state index in [1.807, 2.05) is 30.5 Å². The van der Waals surface area contributed by atoms with Crippen LogP contribution >= 0.6 is 11.3 Å². The van der Waals surface area contributed by atoms with Gasteiger partial charge >= 0.3 is 0 Å². The predicted octanol–water partition coefficient (Wildman–Crippen LogP) is 2.95. The number of hydrogen-bond donors (Lipinski definition) is 1. The maximum absolute atomic E-state index is 12.3. The molecule has 0 unspecified atom stereocenters. The van der Waals surface area contributed by atoms with Crippen molar-refractivity contribution >= 4 is 23.2 Å². The number of carbonyl (C=O) groups excluding carboxylic acids is 1. The fraction of sp³-hybridized carbons (Fsp3) is 0.133. The Morgan fingerprint density at radius 1 is 1.29 bits per heavy atom. The SMILES string of the molecule is Cc1ccc(CNc2ncnn2C(=O)c2cccs2)cc1. The van der Waals surface area contributed by atoms with Gasteiger partial charge in [0, 0.05) is 6.54 Å². The minimum atomic E-state index is -0.172. The van der Waals surface area contributed by atoms with Gasteiger partial charge in [-0.15, -0.1) is 11.3 Å². The summed E-state index contributed by atoms with van der Waals surface area (Å²) in [4.78, 5) is 17.0. The Kier molecular flexibility index (Phi) is 3.79. The number of carbonyl (C=O) groups is 1. The fourth-order valence-corrected chi connectivity index (χ4v) is 2.55. The lowest BCUT2D eigenvalue weighted by atomic mass is 10.1. The second-order valence-corrected chi connectivity index (χ2v) is 5.56. The Morgan fingerprint density at radius 3 is 2.81 bits per heavy atom. The lowest BCUT2D eigenvalue weighted by molar-refractivity contribution is 0.0951. The van der Waals surface area contributed by atoms with Gasteiger partial charge in [0.15, 0.2) is 0 Å². The number of hydrogen-bond acceptors (Lipinski definition) is 5. The number of anilines is 1. The first-order valence-corrected chi connectivity index (χ1v) is 7.39. The molecule has 21 heavy (non-hydrogen) atoms. The summed E-state index contributed by atoms with van der Waals surface area (Å²) in [7, 11) is 0. The van der Waals surface area contributed by atoms with E-state index in [0.717, 1.165) is 5.56 Å². The predicted molar refractivity (Wildman–Crippen MR) is 82.6 cm³/mol. The summed E-state index contributed by atoms with van der Waals surface area (Å²) in [5, 5.41) is 9.01. The fourth-order valence-electron chi connectivity index (χ4n) is 1.90. The van der Waals surface area contributed by atoms with Gasteiger partial charge in [0.25, 0.3) is 5.91 Å². The summed E-state index contributed by atoms with van der Waals surface area (Å²) >= 11 is 1.39. The topological polar surface area (TPSA) is 59.8 Å². The molecular formula is C15H14N4OS. The zero-order chi connectivity index (χ0) is 14.7. The first-order valence-electron chi connectivity index (χ1n) is 6.51. The molecule has 2 aromatic heterocycles. The summed E-state index contributed by atoms with van der Waals surface area (Å²) in [5.41, 5.74) is 2.34. The van der Waals surface area contributed by atoms with Gasteiger partial charge in [0.1, 0.15) is 6.33 Å². The van der Waals surface area contributed by atoms with Gasteiger partial charge in [0.05, 0.1) is 4.88 Å². The number of nitrogens with one attached hydrogen (secondary N) is 1. The van der Waals surface area contributed by atoms with Crippen molar-refractivity contribution in [3.8, 4) is 0 Å². The number of thiophene rings is 1. The molecule has 0 aliphatic rings. The van der Waals surface area contributed by atoms with Gasteiger partial charge in [-0.25, -0.2) is 0 Å². The highest BCUT2D eigenvalue weighted by molar-refractivity contribution is 7.12. The van der Waals surface area contributed by atoms with Crippen LogP contribution in [-0.2, 0) is 6.54 Å². The standard InChI is InChI=1S/C15H14N4OS/c1-11-4-6-12(7-5-11)9-16-15-17-10-18-19(15)14(20)13-3-2-8-21-13/h2-8,10H,9H2,1H3,(H,16,17,18). The van der Waals surface area contributed by atoms with Crippen molar-refractivity contribution < 1.29 is 4.79 Å². The molecule has 0 aliphatic carbocycles. The third-order valence-electron chi connectivity index (χ3n) is 3.04. The van der Waals surface area contributed by atoms with E-state index in [-0.39, 0.29) is 5.91 Å². The van der Waals surface area contributed by atoms with Crippen molar-refractivity contribution in [3.05, 3.63) is 64.1 Å². The second kappa shape index (κ2) is 5.88. The van der Waals surface area contributed by atoms with Crippen LogP contribution in [0.2, 0.25) is 0 Å². The molecule has 0 bridgehead atoms. The van der Waals surface area contributed by atoms with Crippen LogP contribution < -0.4 is 5.32 Å². The molecule has 1 N–H and O–H groups in total. The highest BCUT2D eigenvalue weighted by atomic mass is 32.1. The van der Waals surface area contributed by atoms with Crippen LogP contribution in [0.4, 0.5) is 5.95 Å². The van der Waals surface area contributed by atoms with Gasteiger partial charge in [-0.2, -0.15) is 14.8 Å². The zero-order valence-corrected chi connectivity index (χ0v) is 12.3. The molecule has 5 nitrogen and oxygen atoms in total. The lowest BCUT2D eigenvalue weighted by Crippen LogP contribution is -2.16. The molecule has 0 fully saturated rings. The van der Waals surface area contributed by atoms with Crippen LogP contribution in [0.5, 0.6) is 0 Å². The van der Waals surface area contributed by atoms with Crippen molar-refractivity contribution in [1.82, 2.24) is 14.8 Å². The first-order chi connectivity index (χ1) is 10.2. The van der Waals surface area contributed by atoms with Crippen LogP contribution in [0.15, 0.2) is 48.1 Å². The normalized spacial score (nSPS) is 10.5. The number of rotatable bonds is 4. The molecule has 0 aliphatic heterocycles.